The minimum absolute atomic E-state index is 0.0431. The number of rotatable bonds is 3. The average molecular weight is 404 g/mol. The minimum atomic E-state index is 0.0431. The van der Waals surface area contributed by atoms with E-state index < -0.39 is 0 Å². The molecule has 0 spiro atoms. The van der Waals surface area contributed by atoms with E-state index in [1.807, 2.05) is 53.1 Å². The van der Waals surface area contributed by atoms with Crippen molar-refractivity contribution in [2.75, 3.05) is 0 Å². The third-order valence-electron chi connectivity index (χ3n) is 4.62. The second-order valence-corrected chi connectivity index (χ2v) is 7.42. The molecule has 1 heterocycles. The lowest BCUT2D eigenvalue weighted by molar-refractivity contribution is 0.776. The van der Waals surface area contributed by atoms with Crippen LogP contribution in [0.2, 0.25) is 0 Å². The standard InChI is InChI=1S/C23H18BrNO/c1-16-6-8-17(9-7-16)15-25-22(18-10-12-20(24)13-11-18)14-19-4-2-3-5-21(19)23(25)26/h2-14H,15H2,1H3. The third kappa shape index (κ3) is 3.23. The highest BCUT2D eigenvalue weighted by Crippen LogP contribution is 2.25. The molecule has 0 aliphatic heterocycles. The average Bonchev–Trinajstić information content (AvgIpc) is 2.66. The van der Waals surface area contributed by atoms with E-state index in [4.69, 9.17) is 0 Å². The Labute approximate surface area is 160 Å². The molecule has 0 radical (unpaired) electrons. The largest absolute Gasteiger partial charge is 0.303 e. The molecular formula is C23H18BrNO. The Kier molecular flexibility index (Phi) is 4.48. The Bertz CT molecular complexity index is 1130. The first kappa shape index (κ1) is 16.8. The lowest BCUT2D eigenvalue weighted by Crippen LogP contribution is -2.22. The summed E-state index contributed by atoms with van der Waals surface area (Å²) in [5.41, 5.74) is 4.34. The van der Waals surface area contributed by atoms with Gasteiger partial charge in [-0.3, -0.25) is 4.79 Å². The van der Waals surface area contributed by atoms with Crippen LogP contribution in [0.25, 0.3) is 22.0 Å². The summed E-state index contributed by atoms with van der Waals surface area (Å²) < 4.78 is 2.89. The van der Waals surface area contributed by atoms with Crippen LogP contribution < -0.4 is 5.56 Å². The van der Waals surface area contributed by atoms with Gasteiger partial charge in [0, 0.05) is 9.86 Å². The number of benzene rings is 3. The molecule has 26 heavy (non-hydrogen) atoms. The van der Waals surface area contributed by atoms with Gasteiger partial charge in [-0.25, -0.2) is 0 Å². The smallest absolute Gasteiger partial charge is 0.259 e. The van der Waals surface area contributed by atoms with E-state index in [2.05, 4.69) is 53.2 Å². The van der Waals surface area contributed by atoms with E-state index >= 15 is 0 Å². The first-order valence-electron chi connectivity index (χ1n) is 8.56. The molecule has 128 valence electrons. The Balaban J connectivity index is 1.94. The maximum absolute atomic E-state index is 13.2. The van der Waals surface area contributed by atoms with Gasteiger partial charge < -0.3 is 4.57 Å². The normalized spacial score (nSPS) is 11.0. The van der Waals surface area contributed by atoms with Crippen LogP contribution in [0.5, 0.6) is 0 Å². The summed E-state index contributed by atoms with van der Waals surface area (Å²) in [5, 5.41) is 1.72. The van der Waals surface area contributed by atoms with E-state index in [0.717, 1.165) is 32.1 Å². The van der Waals surface area contributed by atoms with Crippen molar-refractivity contribution in [1.82, 2.24) is 4.57 Å². The minimum Gasteiger partial charge on any atom is -0.303 e. The fraction of sp³-hybridized carbons (Fsp3) is 0.0870. The molecular weight excluding hydrogens is 386 g/mol. The van der Waals surface area contributed by atoms with Crippen LogP contribution in [0, 0.1) is 6.92 Å². The number of halogens is 1. The summed E-state index contributed by atoms with van der Waals surface area (Å²) in [4.78, 5) is 13.2. The second kappa shape index (κ2) is 6.93. The summed E-state index contributed by atoms with van der Waals surface area (Å²) in [6.45, 7) is 2.62. The quantitative estimate of drug-likeness (QED) is 0.424. The van der Waals surface area contributed by atoms with Gasteiger partial charge in [0.1, 0.15) is 0 Å². The number of nitrogens with zero attached hydrogens (tertiary/aromatic N) is 1. The van der Waals surface area contributed by atoms with Crippen molar-refractivity contribution in [3.63, 3.8) is 0 Å². The van der Waals surface area contributed by atoms with Crippen molar-refractivity contribution >= 4 is 26.7 Å². The number of hydrogen-bond donors (Lipinski definition) is 0. The zero-order valence-electron chi connectivity index (χ0n) is 14.4. The van der Waals surface area contributed by atoms with Crippen molar-refractivity contribution in [3.8, 4) is 11.3 Å². The van der Waals surface area contributed by atoms with Gasteiger partial charge in [-0.05, 0) is 47.7 Å². The molecule has 0 unspecified atom stereocenters. The molecule has 1 aromatic heterocycles. The van der Waals surface area contributed by atoms with E-state index in [1.54, 1.807) is 0 Å². The molecule has 2 nitrogen and oxygen atoms in total. The molecule has 0 aliphatic carbocycles. The van der Waals surface area contributed by atoms with Crippen molar-refractivity contribution in [3.05, 3.63) is 105 Å². The van der Waals surface area contributed by atoms with Gasteiger partial charge in [0.05, 0.1) is 12.2 Å². The Morgan fingerprint density at radius 2 is 1.58 bits per heavy atom. The summed E-state index contributed by atoms with van der Waals surface area (Å²) >= 11 is 3.48. The van der Waals surface area contributed by atoms with Gasteiger partial charge in [0.25, 0.3) is 5.56 Å². The van der Waals surface area contributed by atoms with Crippen molar-refractivity contribution in [2.24, 2.45) is 0 Å². The molecule has 0 amide bonds. The Morgan fingerprint density at radius 3 is 2.31 bits per heavy atom. The highest BCUT2D eigenvalue weighted by molar-refractivity contribution is 9.10. The van der Waals surface area contributed by atoms with Crippen LogP contribution in [0.15, 0.2) is 88.1 Å². The van der Waals surface area contributed by atoms with Gasteiger partial charge in [-0.1, -0.05) is 76.1 Å². The van der Waals surface area contributed by atoms with Crippen LogP contribution in [0.4, 0.5) is 0 Å². The summed E-state index contributed by atoms with van der Waals surface area (Å²) in [6, 6.07) is 26.3. The second-order valence-electron chi connectivity index (χ2n) is 6.50. The van der Waals surface area contributed by atoms with E-state index in [-0.39, 0.29) is 5.56 Å². The predicted octanol–water partition coefficient (Wildman–Crippen LogP) is 5.79. The summed E-state index contributed by atoms with van der Waals surface area (Å²) in [6.07, 6.45) is 0. The van der Waals surface area contributed by atoms with E-state index in [9.17, 15) is 4.79 Å². The topological polar surface area (TPSA) is 22.0 Å². The number of hydrogen-bond acceptors (Lipinski definition) is 1. The first-order chi connectivity index (χ1) is 12.6. The number of aromatic nitrogens is 1. The van der Waals surface area contributed by atoms with Crippen LogP contribution in [-0.2, 0) is 6.54 Å². The van der Waals surface area contributed by atoms with Crippen LogP contribution in [-0.4, -0.2) is 4.57 Å². The van der Waals surface area contributed by atoms with Gasteiger partial charge in [-0.15, -0.1) is 0 Å². The maximum Gasteiger partial charge on any atom is 0.259 e. The van der Waals surface area contributed by atoms with Crippen LogP contribution in [0.1, 0.15) is 11.1 Å². The molecule has 0 aliphatic rings. The summed E-state index contributed by atoms with van der Waals surface area (Å²) in [7, 11) is 0. The van der Waals surface area contributed by atoms with E-state index in [0.29, 0.717) is 6.54 Å². The number of pyridine rings is 1. The lowest BCUT2D eigenvalue weighted by Gasteiger charge is -2.15. The number of fused-ring (bicyclic) bond motifs is 1. The monoisotopic (exact) mass is 403 g/mol. The fourth-order valence-electron chi connectivity index (χ4n) is 3.19. The SMILES string of the molecule is Cc1ccc(Cn2c(-c3ccc(Br)cc3)cc3ccccc3c2=O)cc1. The van der Waals surface area contributed by atoms with Gasteiger partial charge >= 0.3 is 0 Å². The molecule has 0 N–H and O–H groups in total. The highest BCUT2D eigenvalue weighted by atomic mass is 79.9. The third-order valence-corrected chi connectivity index (χ3v) is 5.15. The van der Waals surface area contributed by atoms with Gasteiger partial charge in [0.2, 0.25) is 0 Å². The number of aryl methyl sites for hydroxylation is 1. The fourth-order valence-corrected chi connectivity index (χ4v) is 3.45. The van der Waals surface area contributed by atoms with Crippen LogP contribution >= 0.6 is 15.9 Å². The molecule has 0 atom stereocenters. The molecule has 0 bridgehead atoms. The predicted molar refractivity (Wildman–Crippen MR) is 112 cm³/mol. The van der Waals surface area contributed by atoms with Crippen LogP contribution in [0.3, 0.4) is 0 Å². The lowest BCUT2D eigenvalue weighted by atomic mass is 10.1. The van der Waals surface area contributed by atoms with Gasteiger partial charge in [-0.2, -0.15) is 0 Å². The molecule has 3 aromatic carbocycles. The summed E-state index contributed by atoms with van der Waals surface area (Å²) in [5.74, 6) is 0. The zero-order valence-corrected chi connectivity index (χ0v) is 16.0. The maximum atomic E-state index is 13.2. The zero-order chi connectivity index (χ0) is 18.1. The first-order valence-corrected chi connectivity index (χ1v) is 9.35. The van der Waals surface area contributed by atoms with Crippen molar-refractivity contribution in [2.45, 2.75) is 13.5 Å². The molecule has 3 heteroatoms. The Morgan fingerprint density at radius 1 is 0.885 bits per heavy atom. The van der Waals surface area contributed by atoms with Gasteiger partial charge in [0.15, 0.2) is 0 Å². The Hall–Kier alpha value is -2.65. The molecule has 0 saturated heterocycles. The molecule has 4 aromatic rings. The molecule has 0 saturated carbocycles. The molecule has 4 rings (SSSR count). The highest BCUT2D eigenvalue weighted by Gasteiger charge is 2.11. The van der Waals surface area contributed by atoms with E-state index in [1.165, 1.54) is 5.56 Å². The van der Waals surface area contributed by atoms with Crippen molar-refractivity contribution < 1.29 is 0 Å². The van der Waals surface area contributed by atoms with Crippen molar-refractivity contribution in [1.29, 1.82) is 0 Å². The molecule has 0 fully saturated rings.